The molecular formula is C17H22FN7S. The number of nitrogens with one attached hydrogen (secondary N) is 1. The molecule has 0 saturated carbocycles. The molecule has 2 aromatic rings. The van der Waals surface area contributed by atoms with Crippen molar-refractivity contribution in [2.75, 3.05) is 23.7 Å². The van der Waals surface area contributed by atoms with E-state index in [2.05, 4.69) is 30.2 Å². The Balaban J connectivity index is 1.71. The number of anilines is 1. The van der Waals surface area contributed by atoms with Gasteiger partial charge in [-0.25, -0.2) is 14.4 Å². The lowest BCUT2D eigenvalue weighted by Gasteiger charge is -2.41. The van der Waals surface area contributed by atoms with Gasteiger partial charge < -0.3 is 10.6 Å². The molecule has 138 valence electrons. The van der Waals surface area contributed by atoms with Crippen molar-refractivity contribution in [3.63, 3.8) is 0 Å². The van der Waals surface area contributed by atoms with Crippen molar-refractivity contribution in [2.45, 2.75) is 30.8 Å². The zero-order valence-electron chi connectivity index (χ0n) is 14.8. The number of hydrogen-bond acceptors (Lipinski definition) is 8. The Bertz CT molecular complexity index is 790. The first kappa shape index (κ1) is 17.6. The van der Waals surface area contributed by atoms with Crippen LogP contribution in [-0.4, -0.2) is 44.3 Å². The number of halogens is 1. The van der Waals surface area contributed by atoms with Gasteiger partial charge in [-0.2, -0.15) is 0 Å². The van der Waals surface area contributed by atoms with Crippen molar-refractivity contribution in [3.05, 3.63) is 42.0 Å². The number of rotatable bonds is 3. The Morgan fingerprint density at radius 1 is 1.35 bits per heavy atom. The van der Waals surface area contributed by atoms with Crippen LogP contribution in [0.1, 0.15) is 31.2 Å². The van der Waals surface area contributed by atoms with Gasteiger partial charge in [-0.3, -0.25) is 15.3 Å². The average molecular weight is 375 g/mol. The molecule has 0 amide bonds. The van der Waals surface area contributed by atoms with Crippen LogP contribution in [0.4, 0.5) is 10.3 Å². The maximum absolute atomic E-state index is 14.0. The molecule has 4 heterocycles. The van der Waals surface area contributed by atoms with Crippen molar-refractivity contribution < 1.29 is 4.39 Å². The average Bonchev–Trinajstić information content (AvgIpc) is 3.02. The van der Waals surface area contributed by atoms with Gasteiger partial charge in [0, 0.05) is 37.2 Å². The minimum atomic E-state index is -0.408. The van der Waals surface area contributed by atoms with E-state index < -0.39 is 5.54 Å². The third-order valence-corrected chi connectivity index (χ3v) is 6.14. The van der Waals surface area contributed by atoms with E-state index in [9.17, 15) is 4.39 Å². The molecule has 0 aliphatic carbocycles. The van der Waals surface area contributed by atoms with Crippen LogP contribution in [0.3, 0.4) is 0 Å². The number of nitrogens with two attached hydrogens (primary N) is 1. The number of thioether (sulfide) groups is 1. The summed E-state index contributed by atoms with van der Waals surface area (Å²) in [5, 5.41) is 3.52. The second kappa shape index (κ2) is 6.71. The topological polar surface area (TPSA) is 92.9 Å². The number of aromatic nitrogens is 4. The van der Waals surface area contributed by atoms with Gasteiger partial charge in [0.25, 0.3) is 0 Å². The van der Waals surface area contributed by atoms with E-state index in [4.69, 9.17) is 5.73 Å². The maximum atomic E-state index is 14.0. The van der Waals surface area contributed by atoms with Crippen LogP contribution < -0.4 is 16.0 Å². The van der Waals surface area contributed by atoms with Gasteiger partial charge in [-0.15, -0.1) is 11.8 Å². The molecule has 0 bridgehead atoms. The van der Waals surface area contributed by atoms with Crippen LogP contribution in [0.2, 0.25) is 0 Å². The predicted octanol–water partition coefficient (Wildman–Crippen LogP) is 1.44. The lowest BCUT2D eigenvalue weighted by molar-refractivity contribution is 0.266. The molecular weight excluding hydrogens is 353 g/mol. The number of fused-ring (bicyclic) bond motifs is 1. The fraction of sp³-hybridized carbons (Fsp3) is 0.529. The summed E-state index contributed by atoms with van der Waals surface area (Å²) in [7, 11) is 0. The van der Waals surface area contributed by atoms with Crippen molar-refractivity contribution in [3.8, 4) is 0 Å². The molecule has 3 N–H and O–H groups in total. The van der Waals surface area contributed by atoms with E-state index in [1.165, 1.54) is 6.20 Å². The van der Waals surface area contributed by atoms with Gasteiger partial charge in [-0.1, -0.05) is 13.8 Å². The predicted molar refractivity (Wildman–Crippen MR) is 99.1 cm³/mol. The monoisotopic (exact) mass is 375 g/mol. The Morgan fingerprint density at radius 2 is 2.19 bits per heavy atom. The van der Waals surface area contributed by atoms with Crippen molar-refractivity contribution in [1.82, 2.24) is 25.3 Å². The third kappa shape index (κ3) is 2.93. The van der Waals surface area contributed by atoms with Crippen molar-refractivity contribution in [2.24, 2.45) is 11.7 Å². The molecule has 7 nitrogen and oxygen atoms in total. The van der Waals surface area contributed by atoms with E-state index in [1.54, 1.807) is 30.4 Å². The SMILES string of the molecule is CC(C)c1nc(N2C[C@H]3CSC(N)N[C@@]3(c3cnccn3)C2)ncc1F. The van der Waals surface area contributed by atoms with E-state index in [1.807, 2.05) is 13.8 Å². The lowest BCUT2D eigenvalue weighted by atomic mass is 9.85. The highest BCUT2D eigenvalue weighted by Gasteiger charge is 2.52. The minimum Gasteiger partial charge on any atom is -0.338 e. The molecule has 9 heteroatoms. The molecule has 3 atom stereocenters. The van der Waals surface area contributed by atoms with Crippen molar-refractivity contribution >= 4 is 17.7 Å². The molecule has 1 unspecified atom stereocenters. The van der Waals surface area contributed by atoms with E-state index in [0.29, 0.717) is 18.2 Å². The first-order chi connectivity index (χ1) is 12.5. The first-order valence-electron chi connectivity index (χ1n) is 8.68. The Hall–Kier alpha value is -1.84. The fourth-order valence-corrected chi connectivity index (χ4v) is 4.89. The fourth-order valence-electron chi connectivity index (χ4n) is 3.76. The van der Waals surface area contributed by atoms with E-state index in [-0.39, 0.29) is 23.2 Å². The molecule has 0 spiro atoms. The van der Waals surface area contributed by atoms with Crippen LogP contribution in [0.25, 0.3) is 0 Å². The molecule has 0 radical (unpaired) electrons. The molecule has 2 fully saturated rings. The number of hydrogen-bond donors (Lipinski definition) is 2. The van der Waals surface area contributed by atoms with Crippen LogP contribution >= 0.6 is 11.8 Å². The summed E-state index contributed by atoms with van der Waals surface area (Å²) in [5.41, 5.74) is 6.92. The zero-order valence-corrected chi connectivity index (χ0v) is 15.6. The Kier molecular flexibility index (Phi) is 4.54. The Morgan fingerprint density at radius 3 is 2.92 bits per heavy atom. The molecule has 0 aromatic carbocycles. The van der Waals surface area contributed by atoms with Crippen LogP contribution in [0.5, 0.6) is 0 Å². The van der Waals surface area contributed by atoms with Crippen LogP contribution in [0, 0.1) is 11.7 Å². The highest BCUT2D eigenvalue weighted by atomic mass is 32.2. The quantitative estimate of drug-likeness (QED) is 0.833. The maximum Gasteiger partial charge on any atom is 0.225 e. The van der Waals surface area contributed by atoms with Crippen molar-refractivity contribution in [1.29, 1.82) is 0 Å². The normalized spacial score (nSPS) is 28.4. The summed E-state index contributed by atoms with van der Waals surface area (Å²) >= 11 is 1.69. The highest BCUT2D eigenvalue weighted by Crippen LogP contribution is 2.42. The zero-order chi connectivity index (χ0) is 18.3. The van der Waals surface area contributed by atoms with Gasteiger partial charge in [0.05, 0.1) is 29.3 Å². The molecule has 26 heavy (non-hydrogen) atoms. The molecule has 2 aromatic heterocycles. The van der Waals surface area contributed by atoms with Gasteiger partial charge in [0.1, 0.15) is 5.50 Å². The van der Waals surface area contributed by atoms with Crippen LogP contribution in [-0.2, 0) is 5.54 Å². The van der Waals surface area contributed by atoms with E-state index >= 15 is 0 Å². The molecule has 2 aliphatic rings. The second-order valence-corrected chi connectivity index (χ2v) is 8.27. The summed E-state index contributed by atoms with van der Waals surface area (Å²) in [4.78, 5) is 19.6. The lowest BCUT2D eigenvalue weighted by Crippen LogP contribution is -2.59. The first-order valence-corrected chi connectivity index (χ1v) is 9.73. The largest absolute Gasteiger partial charge is 0.338 e. The minimum absolute atomic E-state index is 0.00214. The van der Waals surface area contributed by atoms with Gasteiger partial charge in [-0.05, 0) is 5.92 Å². The molecule has 2 saturated heterocycles. The van der Waals surface area contributed by atoms with Crippen LogP contribution in [0.15, 0.2) is 24.8 Å². The van der Waals surface area contributed by atoms with E-state index in [0.717, 1.165) is 18.0 Å². The summed E-state index contributed by atoms with van der Waals surface area (Å²) in [5.74, 6) is 1.37. The second-order valence-electron chi connectivity index (χ2n) is 7.10. The Labute approximate surface area is 156 Å². The third-order valence-electron chi connectivity index (χ3n) is 5.06. The smallest absolute Gasteiger partial charge is 0.225 e. The highest BCUT2D eigenvalue weighted by molar-refractivity contribution is 7.99. The van der Waals surface area contributed by atoms with Gasteiger partial charge in [0.2, 0.25) is 5.95 Å². The summed E-state index contributed by atoms with van der Waals surface area (Å²) in [6.45, 7) is 5.23. The van der Waals surface area contributed by atoms with Gasteiger partial charge >= 0.3 is 0 Å². The van der Waals surface area contributed by atoms with Gasteiger partial charge in [0.15, 0.2) is 5.82 Å². The summed E-state index contributed by atoms with van der Waals surface area (Å²) in [6, 6.07) is 0. The molecule has 4 rings (SSSR count). The standard InChI is InChI=1S/C17H22FN7S/c1-10(2)14-12(18)5-22-16(23-14)25-7-11-8-26-15(19)24-17(11,9-25)13-6-20-3-4-21-13/h3-6,10-11,15,24H,7-9,19H2,1-2H3/t11-,15?,17-/m0/s1. The number of nitrogens with zero attached hydrogens (tertiary/aromatic N) is 5. The summed E-state index contributed by atoms with van der Waals surface area (Å²) < 4.78 is 14.0. The molecule has 2 aliphatic heterocycles. The summed E-state index contributed by atoms with van der Waals surface area (Å²) in [6.07, 6.45) is 6.42.